The predicted octanol–water partition coefficient (Wildman–Crippen LogP) is 1.25. The number of methoxy groups -OCH3 is 1. The van der Waals surface area contributed by atoms with E-state index in [1.54, 1.807) is 19.2 Å². The molecule has 0 saturated carbocycles. The van der Waals surface area contributed by atoms with Crippen molar-refractivity contribution in [2.75, 3.05) is 27.2 Å². The van der Waals surface area contributed by atoms with Crippen molar-refractivity contribution in [1.29, 1.82) is 0 Å². The van der Waals surface area contributed by atoms with Crippen molar-refractivity contribution in [2.45, 2.75) is 25.5 Å². The molecule has 0 atom stereocenters. The van der Waals surface area contributed by atoms with Crippen LogP contribution in [0.5, 0.6) is 0 Å². The van der Waals surface area contributed by atoms with Gasteiger partial charge in [-0.25, -0.2) is 0 Å². The SMILES string of the molecule is COCc1ccc(C(=O)NC2CCN(C)CC2)o1. The van der Waals surface area contributed by atoms with Gasteiger partial charge in [0.15, 0.2) is 5.76 Å². The molecule has 18 heavy (non-hydrogen) atoms. The van der Waals surface area contributed by atoms with Crippen LogP contribution in [0.1, 0.15) is 29.2 Å². The highest BCUT2D eigenvalue weighted by molar-refractivity contribution is 5.91. The number of nitrogens with one attached hydrogen (secondary N) is 1. The van der Waals surface area contributed by atoms with E-state index in [1.165, 1.54) is 0 Å². The molecule has 0 spiro atoms. The molecule has 0 bridgehead atoms. The summed E-state index contributed by atoms with van der Waals surface area (Å²) in [5.74, 6) is 0.902. The van der Waals surface area contributed by atoms with Crippen LogP contribution in [-0.4, -0.2) is 44.1 Å². The van der Waals surface area contributed by atoms with Crippen LogP contribution in [0.15, 0.2) is 16.5 Å². The number of carbonyl (C=O) groups is 1. The minimum atomic E-state index is -0.132. The molecule has 5 heteroatoms. The third kappa shape index (κ3) is 3.34. The lowest BCUT2D eigenvalue weighted by atomic mass is 10.1. The van der Waals surface area contributed by atoms with Crippen molar-refractivity contribution in [3.05, 3.63) is 23.7 Å². The zero-order valence-corrected chi connectivity index (χ0v) is 10.9. The number of piperidine rings is 1. The Morgan fingerprint density at radius 2 is 2.22 bits per heavy atom. The quantitative estimate of drug-likeness (QED) is 0.876. The van der Waals surface area contributed by atoms with Gasteiger partial charge in [-0.15, -0.1) is 0 Å². The van der Waals surface area contributed by atoms with Gasteiger partial charge in [-0.2, -0.15) is 0 Å². The second kappa shape index (κ2) is 6.02. The first-order valence-electron chi connectivity index (χ1n) is 6.26. The largest absolute Gasteiger partial charge is 0.453 e. The Hall–Kier alpha value is -1.33. The highest BCUT2D eigenvalue weighted by atomic mass is 16.5. The van der Waals surface area contributed by atoms with Gasteiger partial charge in [-0.3, -0.25) is 4.79 Å². The van der Waals surface area contributed by atoms with Gasteiger partial charge in [0.2, 0.25) is 0 Å². The molecular formula is C13H20N2O3. The van der Waals surface area contributed by atoms with Crippen LogP contribution in [0, 0.1) is 0 Å². The molecule has 2 heterocycles. The van der Waals surface area contributed by atoms with E-state index in [9.17, 15) is 4.79 Å². The van der Waals surface area contributed by atoms with E-state index in [2.05, 4.69) is 17.3 Å². The molecule has 100 valence electrons. The number of ether oxygens (including phenoxy) is 1. The molecule has 0 aromatic carbocycles. The van der Waals surface area contributed by atoms with E-state index < -0.39 is 0 Å². The summed E-state index contributed by atoms with van der Waals surface area (Å²) in [6.07, 6.45) is 1.99. The van der Waals surface area contributed by atoms with Crippen LogP contribution in [0.4, 0.5) is 0 Å². The Morgan fingerprint density at radius 1 is 1.50 bits per heavy atom. The normalized spacial score (nSPS) is 17.9. The van der Waals surface area contributed by atoms with Crippen LogP contribution in [-0.2, 0) is 11.3 Å². The predicted molar refractivity (Wildman–Crippen MR) is 67.4 cm³/mol. The minimum Gasteiger partial charge on any atom is -0.453 e. The maximum Gasteiger partial charge on any atom is 0.287 e. The van der Waals surface area contributed by atoms with Crippen molar-refractivity contribution < 1.29 is 13.9 Å². The lowest BCUT2D eigenvalue weighted by Crippen LogP contribution is -2.43. The molecule has 0 unspecified atom stereocenters. The fourth-order valence-corrected chi connectivity index (χ4v) is 2.13. The fourth-order valence-electron chi connectivity index (χ4n) is 2.13. The monoisotopic (exact) mass is 252 g/mol. The van der Waals surface area contributed by atoms with E-state index in [0.29, 0.717) is 18.1 Å². The Kier molecular flexibility index (Phi) is 4.38. The molecule has 1 aliphatic heterocycles. The number of carbonyl (C=O) groups excluding carboxylic acids is 1. The van der Waals surface area contributed by atoms with Crippen LogP contribution < -0.4 is 5.32 Å². The average molecular weight is 252 g/mol. The van der Waals surface area contributed by atoms with Crippen LogP contribution in [0.2, 0.25) is 0 Å². The van der Waals surface area contributed by atoms with E-state index >= 15 is 0 Å². The summed E-state index contributed by atoms with van der Waals surface area (Å²) in [5.41, 5.74) is 0. The molecule has 1 saturated heterocycles. The lowest BCUT2D eigenvalue weighted by molar-refractivity contribution is 0.0880. The molecule has 1 aliphatic rings. The molecule has 1 fully saturated rings. The summed E-state index contributed by atoms with van der Waals surface area (Å²) in [6, 6.07) is 3.72. The Labute approximate surface area is 107 Å². The van der Waals surface area contributed by atoms with Crippen LogP contribution >= 0.6 is 0 Å². The fraction of sp³-hybridized carbons (Fsp3) is 0.615. The Bertz CT molecular complexity index is 395. The lowest BCUT2D eigenvalue weighted by Gasteiger charge is -2.29. The van der Waals surface area contributed by atoms with Gasteiger partial charge < -0.3 is 19.4 Å². The highest BCUT2D eigenvalue weighted by Gasteiger charge is 2.20. The Balaban J connectivity index is 1.86. The molecule has 5 nitrogen and oxygen atoms in total. The number of rotatable bonds is 4. The molecule has 1 N–H and O–H groups in total. The smallest absolute Gasteiger partial charge is 0.287 e. The standard InChI is InChI=1S/C13H20N2O3/c1-15-7-5-10(6-8-15)14-13(16)12-4-3-11(18-12)9-17-2/h3-4,10H,5-9H2,1-2H3,(H,14,16). The Morgan fingerprint density at radius 3 is 2.89 bits per heavy atom. The zero-order chi connectivity index (χ0) is 13.0. The molecule has 1 aromatic heterocycles. The summed E-state index contributed by atoms with van der Waals surface area (Å²) >= 11 is 0. The van der Waals surface area contributed by atoms with Crippen molar-refractivity contribution in [3.8, 4) is 0 Å². The third-order valence-corrected chi connectivity index (χ3v) is 3.23. The number of nitrogens with zero attached hydrogens (tertiary/aromatic N) is 1. The van der Waals surface area contributed by atoms with Gasteiger partial charge in [-0.1, -0.05) is 0 Å². The molecule has 0 radical (unpaired) electrons. The van der Waals surface area contributed by atoms with E-state index in [1.807, 2.05) is 0 Å². The average Bonchev–Trinajstić information content (AvgIpc) is 2.81. The maximum atomic E-state index is 12.0. The first kappa shape index (κ1) is 13.1. The van der Waals surface area contributed by atoms with E-state index in [0.717, 1.165) is 25.9 Å². The van der Waals surface area contributed by atoms with Crippen LogP contribution in [0.3, 0.4) is 0 Å². The number of furan rings is 1. The topological polar surface area (TPSA) is 54.7 Å². The molecular weight excluding hydrogens is 232 g/mol. The summed E-state index contributed by atoms with van der Waals surface area (Å²) in [5, 5.41) is 3.01. The maximum absolute atomic E-state index is 12.0. The summed E-state index contributed by atoms with van der Waals surface area (Å²) < 4.78 is 10.4. The van der Waals surface area contributed by atoms with Gasteiger partial charge in [0.1, 0.15) is 12.4 Å². The summed E-state index contributed by atoms with van der Waals surface area (Å²) in [7, 11) is 3.70. The third-order valence-electron chi connectivity index (χ3n) is 3.23. The number of likely N-dealkylation sites (tertiary alicyclic amines) is 1. The van der Waals surface area contributed by atoms with Crippen molar-refractivity contribution in [2.24, 2.45) is 0 Å². The van der Waals surface area contributed by atoms with Gasteiger partial charge in [-0.05, 0) is 45.1 Å². The van der Waals surface area contributed by atoms with Gasteiger partial charge in [0.05, 0.1) is 0 Å². The van der Waals surface area contributed by atoms with E-state index in [-0.39, 0.29) is 11.9 Å². The first-order valence-corrected chi connectivity index (χ1v) is 6.26. The highest BCUT2D eigenvalue weighted by Crippen LogP contribution is 2.12. The molecule has 2 rings (SSSR count). The minimum absolute atomic E-state index is 0.132. The van der Waals surface area contributed by atoms with Crippen molar-refractivity contribution in [1.82, 2.24) is 10.2 Å². The van der Waals surface area contributed by atoms with Crippen molar-refractivity contribution in [3.63, 3.8) is 0 Å². The summed E-state index contributed by atoms with van der Waals surface area (Å²) in [6.45, 7) is 2.44. The first-order chi connectivity index (χ1) is 8.69. The second-order valence-corrected chi connectivity index (χ2v) is 4.75. The van der Waals surface area contributed by atoms with Gasteiger partial charge in [0.25, 0.3) is 5.91 Å². The molecule has 0 aliphatic carbocycles. The molecule has 1 aromatic rings. The zero-order valence-electron chi connectivity index (χ0n) is 10.9. The van der Waals surface area contributed by atoms with Gasteiger partial charge >= 0.3 is 0 Å². The number of hydrogen-bond acceptors (Lipinski definition) is 4. The van der Waals surface area contributed by atoms with Crippen molar-refractivity contribution >= 4 is 5.91 Å². The number of hydrogen-bond donors (Lipinski definition) is 1. The van der Waals surface area contributed by atoms with E-state index in [4.69, 9.17) is 9.15 Å². The van der Waals surface area contributed by atoms with Crippen LogP contribution in [0.25, 0.3) is 0 Å². The van der Waals surface area contributed by atoms with Gasteiger partial charge in [0, 0.05) is 13.2 Å². The summed E-state index contributed by atoms with van der Waals surface area (Å²) in [4.78, 5) is 14.2. The molecule has 1 amide bonds. The second-order valence-electron chi connectivity index (χ2n) is 4.75. The number of amides is 1.